The molecule has 1 aromatic heterocycles. The number of rotatable bonds is 6. The van der Waals surface area contributed by atoms with E-state index in [-0.39, 0.29) is 10.6 Å². The second-order valence-corrected chi connectivity index (χ2v) is 9.39. The quantitative estimate of drug-likeness (QED) is 0.581. The Morgan fingerprint density at radius 3 is 2.52 bits per heavy atom. The molecule has 1 saturated heterocycles. The molecule has 0 spiro atoms. The van der Waals surface area contributed by atoms with Crippen molar-refractivity contribution in [2.75, 3.05) is 29.8 Å². The summed E-state index contributed by atoms with van der Waals surface area (Å²) in [7, 11) is -2.49. The lowest BCUT2D eigenvalue weighted by atomic mass is 10.1. The Morgan fingerprint density at radius 1 is 1.00 bits per heavy atom. The molecule has 1 aliphatic rings. The first-order chi connectivity index (χ1) is 15.0. The molecule has 0 amide bonds. The Hall–Kier alpha value is -2.84. The van der Waals surface area contributed by atoms with Gasteiger partial charge in [0.25, 0.3) is 10.0 Å². The number of aromatic nitrogens is 2. The zero-order chi connectivity index (χ0) is 21.8. The summed E-state index contributed by atoms with van der Waals surface area (Å²) < 4.78 is 33.6. The average molecular weight is 459 g/mol. The first-order valence-corrected chi connectivity index (χ1v) is 11.9. The van der Waals surface area contributed by atoms with Gasteiger partial charge < -0.3 is 9.64 Å². The van der Waals surface area contributed by atoms with E-state index in [4.69, 9.17) is 16.3 Å². The van der Waals surface area contributed by atoms with Gasteiger partial charge in [0.1, 0.15) is 10.6 Å². The maximum atomic E-state index is 12.9. The average Bonchev–Trinajstić information content (AvgIpc) is 2.80. The van der Waals surface area contributed by atoms with Crippen molar-refractivity contribution in [2.24, 2.45) is 0 Å². The monoisotopic (exact) mass is 458 g/mol. The molecule has 31 heavy (non-hydrogen) atoms. The summed E-state index contributed by atoms with van der Waals surface area (Å²) in [6, 6.07) is 15.3. The third-order valence-electron chi connectivity index (χ3n) is 5.16. The molecule has 3 aromatic rings. The molecule has 0 atom stereocenters. The maximum Gasteiger partial charge on any atom is 0.265 e. The third kappa shape index (κ3) is 4.91. The highest BCUT2D eigenvalue weighted by molar-refractivity contribution is 7.92. The normalized spacial score (nSPS) is 14.3. The van der Waals surface area contributed by atoms with Gasteiger partial charge in [-0.3, -0.25) is 4.72 Å². The number of nitrogens with one attached hydrogen (secondary N) is 1. The lowest BCUT2D eigenvalue weighted by Crippen LogP contribution is -2.30. The minimum atomic E-state index is -3.90. The van der Waals surface area contributed by atoms with Crippen LogP contribution in [0.5, 0.6) is 5.75 Å². The standard InChI is InChI=1S/C22H23ClN4O3S/c1-30-20-10-8-17(23)15-21(20)31(28,29)26-18-7-5-6-16(14-18)19-9-11-22(25-24-19)27-12-3-2-4-13-27/h5-11,14-15,26H,2-4,12-13H2,1H3. The van der Waals surface area contributed by atoms with Crippen LogP contribution in [0.2, 0.25) is 5.02 Å². The molecule has 0 aliphatic carbocycles. The highest BCUT2D eigenvalue weighted by atomic mass is 35.5. The van der Waals surface area contributed by atoms with Crippen molar-refractivity contribution in [2.45, 2.75) is 24.2 Å². The summed E-state index contributed by atoms with van der Waals surface area (Å²) in [4.78, 5) is 2.21. The molecule has 4 rings (SSSR count). The molecule has 1 fully saturated rings. The van der Waals surface area contributed by atoms with Crippen LogP contribution in [0, 0.1) is 0 Å². The van der Waals surface area contributed by atoms with Gasteiger partial charge in [0, 0.05) is 29.4 Å². The van der Waals surface area contributed by atoms with Crippen molar-refractivity contribution in [3.63, 3.8) is 0 Å². The summed E-state index contributed by atoms with van der Waals surface area (Å²) in [6.45, 7) is 2.00. The van der Waals surface area contributed by atoms with E-state index in [1.54, 1.807) is 24.3 Å². The van der Waals surface area contributed by atoms with Gasteiger partial charge in [-0.1, -0.05) is 23.7 Å². The van der Waals surface area contributed by atoms with Gasteiger partial charge in [0.15, 0.2) is 5.82 Å². The van der Waals surface area contributed by atoms with Crippen LogP contribution in [0.1, 0.15) is 19.3 Å². The Kier molecular flexibility index (Phi) is 6.29. The predicted octanol–water partition coefficient (Wildman–Crippen LogP) is 4.60. The number of benzene rings is 2. The van der Waals surface area contributed by atoms with Gasteiger partial charge in [-0.2, -0.15) is 0 Å². The number of hydrogen-bond acceptors (Lipinski definition) is 6. The molecule has 2 heterocycles. The van der Waals surface area contributed by atoms with Gasteiger partial charge in [-0.05, 0) is 61.7 Å². The molecule has 2 aromatic carbocycles. The lowest BCUT2D eigenvalue weighted by molar-refractivity contribution is 0.403. The highest BCUT2D eigenvalue weighted by Gasteiger charge is 2.20. The number of nitrogens with zero attached hydrogens (tertiary/aromatic N) is 3. The lowest BCUT2D eigenvalue weighted by Gasteiger charge is -2.27. The Morgan fingerprint density at radius 2 is 1.81 bits per heavy atom. The van der Waals surface area contributed by atoms with E-state index < -0.39 is 10.0 Å². The van der Waals surface area contributed by atoms with Crippen LogP contribution >= 0.6 is 11.6 Å². The van der Waals surface area contributed by atoms with E-state index in [1.807, 2.05) is 18.2 Å². The predicted molar refractivity (Wildman–Crippen MR) is 122 cm³/mol. The second kappa shape index (κ2) is 9.11. The van der Waals surface area contributed by atoms with Crippen LogP contribution in [0.15, 0.2) is 59.5 Å². The van der Waals surface area contributed by atoms with Gasteiger partial charge in [0.2, 0.25) is 0 Å². The van der Waals surface area contributed by atoms with E-state index in [0.717, 1.165) is 24.5 Å². The molecule has 9 heteroatoms. The number of halogens is 1. The van der Waals surface area contributed by atoms with Crippen LogP contribution in [0.3, 0.4) is 0 Å². The van der Waals surface area contributed by atoms with Gasteiger partial charge in [0.05, 0.1) is 12.8 Å². The van der Waals surface area contributed by atoms with Crippen molar-refractivity contribution < 1.29 is 13.2 Å². The van der Waals surface area contributed by atoms with Crippen molar-refractivity contribution in [1.82, 2.24) is 10.2 Å². The number of anilines is 2. The zero-order valence-corrected chi connectivity index (χ0v) is 18.7. The number of piperidine rings is 1. The summed E-state index contributed by atoms with van der Waals surface area (Å²) in [6.07, 6.45) is 3.60. The molecule has 162 valence electrons. The fourth-order valence-electron chi connectivity index (χ4n) is 3.58. The topological polar surface area (TPSA) is 84.4 Å². The Labute approximate surface area is 187 Å². The molecule has 0 saturated carbocycles. The molecule has 7 nitrogen and oxygen atoms in total. The molecule has 0 radical (unpaired) electrons. The van der Waals surface area contributed by atoms with Crippen LogP contribution in [-0.2, 0) is 10.0 Å². The van der Waals surface area contributed by atoms with Gasteiger partial charge in [-0.15, -0.1) is 10.2 Å². The summed E-state index contributed by atoms with van der Waals surface area (Å²) >= 11 is 5.99. The first kappa shape index (κ1) is 21.4. The highest BCUT2D eigenvalue weighted by Crippen LogP contribution is 2.30. The van der Waals surface area contributed by atoms with Gasteiger partial charge >= 0.3 is 0 Å². The minimum Gasteiger partial charge on any atom is -0.495 e. The molecule has 0 unspecified atom stereocenters. The van der Waals surface area contributed by atoms with Crippen molar-refractivity contribution in [3.05, 3.63) is 59.6 Å². The fraction of sp³-hybridized carbons (Fsp3) is 0.273. The fourth-order valence-corrected chi connectivity index (χ4v) is 5.07. The molecule has 0 bridgehead atoms. The third-order valence-corrected chi connectivity index (χ3v) is 6.79. The SMILES string of the molecule is COc1ccc(Cl)cc1S(=O)(=O)Nc1cccc(-c2ccc(N3CCCCC3)nn2)c1. The second-order valence-electron chi connectivity index (χ2n) is 7.31. The van der Waals surface area contributed by atoms with E-state index in [9.17, 15) is 8.42 Å². The number of ether oxygens (including phenoxy) is 1. The Bertz CT molecular complexity index is 1160. The molecular weight excluding hydrogens is 436 g/mol. The summed E-state index contributed by atoms with van der Waals surface area (Å²) in [5, 5.41) is 9.03. The van der Waals surface area contributed by atoms with Crippen molar-refractivity contribution in [1.29, 1.82) is 0 Å². The smallest absolute Gasteiger partial charge is 0.265 e. The summed E-state index contributed by atoms with van der Waals surface area (Å²) in [5.41, 5.74) is 1.83. The molecule has 1 N–H and O–H groups in total. The van der Waals surface area contributed by atoms with Crippen LogP contribution in [0.25, 0.3) is 11.3 Å². The largest absolute Gasteiger partial charge is 0.495 e. The van der Waals surface area contributed by atoms with Crippen LogP contribution in [-0.4, -0.2) is 38.8 Å². The number of methoxy groups -OCH3 is 1. The number of sulfonamides is 1. The first-order valence-electron chi connectivity index (χ1n) is 10.0. The van der Waals surface area contributed by atoms with Crippen molar-refractivity contribution in [3.8, 4) is 17.0 Å². The van der Waals surface area contributed by atoms with Crippen molar-refractivity contribution >= 4 is 33.1 Å². The van der Waals surface area contributed by atoms with E-state index in [0.29, 0.717) is 16.4 Å². The summed E-state index contributed by atoms with van der Waals surface area (Å²) in [5.74, 6) is 1.08. The minimum absolute atomic E-state index is 0.0291. The van der Waals surface area contributed by atoms with Crippen LogP contribution in [0.4, 0.5) is 11.5 Å². The molecular formula is C22H23ClN4O3S. The zero-order valence-electron chi connectivity index (χ0n) is 17.1. The number of hydrogen-bond donors (Lipinski definition) is 1. The van der Waals surface area contributed by atoms with E-state index in [2.05, 4.69) is 19.8 Å². The maximum absolute atomic E-state index is 12.9. The molecule has 1 aliphatic heterocycles. The van der Waals surface area contributed by atoms with E-state index >= 15 is 0 Å². The van der Waals surface area contributed by atoms with E-state index in [1.165, 1.54) is 38.5 Å². The Balaban J connectivity index is 1.57. The van der Waals surface area contributed by atoms with Crippen LogP contribution < -0.4 is 14.4 Å². The van der Waals surface area contributed by atoms with Gasteiger partial charge in [-0.25, -0.2) is 8.42 Å².